The number of carboxylic acid groups (broad SMARTS) is 1. The molecule has 0 unspecified atom stereocenters. The second kappa shape index (κ2) is 7.70. The van der Waals surface area contributed by atoms with Crippen LogP contribution in [0.25, 0.3) is 0 Å². The minimum atomic E-state index is -0.998. The predicted molar refractivity (Wildman–Crippen MR) is 94.4 cm³/mol. The first-order valence-electron chi connectivity index (χ1n) is 8.10. The Morgan fingerprint density at radius 1 is 1.23 bits per heavy atom. The van der Waals surface area contributed by atoms with Crippen molar-refractivity contribution in [3.8, 4) is 0 Å². The maximum absolute atomic E-state index is 13.0. The molecule has 26 heavy (non-hydrogen) atoms. The van der Waals surface area contributed by atoms with Crippen molar-refractivity contribution in [2.45, 2.75) is 19.4 Å². The highest BCUT2D eigenvalue weighted by molar-refractivity contribution is 6.33. The second-order valence-corrected chi connectivity index (χ2v) is 6.54. The van der Waals surface area contributed by atoms with E-state index in [0.717, 1.165) is 5.56 Å². The first kappa shape index (κ1) is 18.1. The van der Waals surface area contributed by atoms with Gasteiger partial charge in [-0.15, -0.1) is 0 Å². The summed E-state index contributed by atoms with van der Waals surface area (Å²) in [5.41, 5.74) is 0.826. The Morgan fingerprint density at radius 3 is 2.54 bits per heavy atom. The number of rotatable bonds is 5. The van der Waals surface area contributed by atoms with Gasteiger partial charge in [-0.1, -0.05) is 35.9 Å². The van der Waals surface area contributed by atoms with E-state index < -0.39 is 23.7 Å². The highest BCUT2D eigenvalue weighted by Crippen LogP contribution is 2.28. The average Bonchev–Trinajstić information content (AvgIpc) is 2.96. The number of nitrogens with zero attached hydrogens (tertiary/aromatic N) is 2. The van der Waals surface area contributed by atoms with Crippen LogP contribution in [0, 0.1) is 17.7 Å². The molecule has 6 nitrogen and oxygen atoms in total. The van der Waals surface area contributed by atoms with Crippen LogP contribution in [0.4, 0.5) is 10.2 Å². The zero-order chi connectivity index (χ0) is 18.7. The first-order valence-corrected chi connectivity index (χ1v) is 8.48. The van der Waals surface area contributed by atoms with Gasteiger partial charge in [0.25, 0.3) is 0 Å². The molecular formula is C18H17ClFN3O3. The molecule has 0 aliphatic heterocycles. The number of anilines is 1. The van der Waals surface area contributed by atoms with Crippen molar-refractivity contribution in [3.63, 3.8) is 0 Å². The van der Waals surface area contributed by atoms with Crippen LogP contribution in [0.3, 0.4) is 0 Å². The quantitative estimate of drug-likeness (QED) is 0.783. The van der Waals surface area contributed by atoms with Crippen molar-refractivity contribution in [1.82, 2.24) is 9.78 Å². The first-order chi connectivity index (χ1) is 12.4. The van der Waals surface area contributed by atoms with Gasteiger partial charge in [-0.25, -0.2) is 4.39 Å². The van der Waals surface area contributed by atoms with Crippen molar-refractivity contribution >= 4 is 29.3 Å². The van der Waals surface area contributed by atoms with E-state index in [9.17, 15) is 19.1 Å². The second-order valence-electron chi connectivity index (χ2n) is 6.13. The molecule has 2 aromatic rings. The molecular weight excluding hydrogens is 361 g/mol. The lowest BCUT2D eigenvalue weighted by Crippen LogP contribution is -2.34. The van der Waals surface area contributed by atoms with E-state index in [2.05, 4.69) is 10.4 Å². The average molecular weight is 378 g/mol. The summed E-state index contributed by atoms with van der Waals surface area (Å²) >= 11 is 6.13. The third-order valence-electron chi connectivity index (χ3n) is 4.30. The highest BCUT2D eigenvalue weighted by Gasteiger charge is 2.34. The number of aliphatic carboxylic acids is 1. The molecule has 2 N–H and O–H groups in total. The van der Waals surface area contributed by atoms with Crippen molar-refractivity contribution in [2.75, 3.05) is 5.32 Å². The monoisotopic (exact) mass is 377 g/mol. The number of carboxylic acids is 1. The van der Waals surface area contributed by atoms with Crippen LogP contribution >= 0.6 is 11.6 Å². The fourth-order valence-corrected chi connectivity index (χ4v) is 3.12. The molecule has 1 aromatic heterocycles. The van der Waals surface area contributed by atoms with E-state index in [0.29, 0.717) is 19.4 Å². The normalized spacial score (nSPS) is 19.3. The summed E-state index contributed by atoms with van der Waals surface area (Å²) < 4.78 is 14.5. The Kier molecular flexibility index (Phi) is 5.37. The van der Waals surface area contributed by atoms with Gasteiger partial charge in [0.15, 0.2) is 5.82 Å². The van der Waals surface area contributed by atoms with Crippen molar-refractivity contribution in [2.24, 2.45) is 11.8 Å². The molecule has 1 heterocycles. The van der Waals surface area contributed by atoms with E-state index >= 15 is 0 Å². The number of carbonyl (C=O) groups is 2. The fraction of sp³-hybridized carbons (Fsp3) is 0.278. The minimum Gasteiger partial charge on any atom is -0.481 e. The number of halogens is 2. The van der Waals surface area contributed by atoms with Crippen LogP contribution in [0.1, 0.15) is 18.4 Å². The fourth-order valence-electron chi connectivity index (χ4n) is 2.93. The molecule has 1 aliphatic rings. The van der Waals surface area contributed by atoms with Crippen LogP contribution < -0.4 is 5.32 Å². The Balaban J connectivity index is 1.70. The van der Waals surface area contributed by atoms with Gasteiger partial charge in [-0.05, 0) is 30.5 Å². The predicted octanol–water partition coefficient (Wildman–Crippen LogP) is 3.33. The Hall–Kier alpha value is -2.67. The molecule has 0 saturated carbocycles. The van der Waals surface area contributed by atoms with Crippen molar-refractivity contribution < 1.29 is 19.1 Å². The van der Waals surface area contributed by atoms with Crippen LogP contribution in [0.2, 0.25) is 5.02 Å². The van der Waals surface area contributed by atoms with Crippen LogP contribution in [0.15, 0.2) is 42.6 Å². The molecule has 2 atom stereocenters. The summed E-state index contributed by atoms with van der Waals surface area (Å²) in [5, 5.41) is 16.4. The Morgan fingerprint density at radius 2 is 1.88 bits per heavy atom. The highest BCUT2D eigenvalue weighted by atomic mass is 35.5. The maximum Gasteiger partial charge on any atom is 0.307 e. The van der Waals surface area contributed by atoms with Gasteiger partial charge in [0.2, 0.25) is 5.91 Å². The largest absolute Gasteiger partial charge is 0.481 e. The summed E-state index contributed by atoms with van der Waals surface area (Å²) in [4.78, 5) is 23.8. The summed E-state index contributed by atoms with van der Waals surface area (Å²) in [5.74, 6) is -3.00. The molecule has 0 spiro atoms. The zero-order valence-electron chi connectivity index (χ0n) is 13.7. The van der Waals surface area contributed by atoms with E-state index in [1.54, 1.807) is 30.5 Å². The van der Waals surface area contributed by atoms with Gasteiger partial charge in [-0.3, -0.25) is 14.3 Å². The number of hydrogen-bond acceptors (Lipinski definition) is 3. The third-order valence-corrected chi connectivity index (χ3v) is 4.58. The zero-order valence-corrected chi connectivity index (χ0v) is 14.5. The smallest absolute Gasteiger partial charge is 0.307 e. The maximum atomic E-state index is 13.0. The number of nitrogens with one attached hydrogen (secondary N) is 1. The van der Waals surface area contributed by atoms with Crippen molar-refractivity contribution in [1.29, 1.82) is 0 Å². The molecule has 3 rings (SSSR count). The molecule has 8 heteroatoms. The summed E-state index contributed by atoms with van der Waals surface area (Å²) in [6.07, 6.45) is 5.80. The molecule has 0 saturated heterocycles. The van der Waals surface area contributed by atoms with E-state index in [-0.39, 0.29) is 16.7 Å². The lowest BCUT2D eigenvalue weighted by Gasteiger charge is -2.23. The van der Waals surface area contributed by atoms with Crippen molar-refractivity contribution in [3.05, 3.63) is 59.0 Å². The van der Waals surface area contributed by atoms with E-state index in [1.807, 2.05) is 0 Å². The van der Waals surface area contributed by atoms with Gasteiger partial charge < -0.3 is 10.4 Å². The molecule has 1 amide bonds. The number of amides is 1. The molecule has 0 fully saturated rings. The SMILES string of the molecule is O=C(Nc1nn(Cc2ccc(F)cc2)cc1Cl)[C@H]1CC=CC[C@H]1C(=O)O. The summed E-state index contributed by atoms with van der Waals surface area (Å²) in [6.45, 7) is 0.361. The number of benzene rings is 1. The molecule has 0 radical (unpaired) electrons. The lowest BCUT2D eigenvalue weighted by atomic mass is 9.82. The standard InChI is InChI=1S/C18H17ClFN3O3/c19-15-10-23(9-11-5-7-12(20)8-6-11)22-16(15)21-17(24)13-3-1-2-4-14(13)18(25)26/h1-2,5-8,10,13-14H,3-4,9H2,(H,25,26)(H,21,22,24)/t13-,14+/m0/s1. The third kappa shape index (κ3) is 4.11. The Bertz CT molecular complexity index is 848. The van der Waals surface area contributed by atoms with Gasteiger partial charge in [0, 0.05) is 6.20 Å². The molecule has 1 aromatic carbocycles. The van der Waals surface area contributed by atoms with Crippen LogP contribution in [0.5, 0.6) is 0 Å². The van der Waals surface area contributed by atoms with Crippen LogP contribution in [-0.2, 0) is 16.1 Å². The van der Waals surface area contributed by atoms with E-state index in [4.69, 9.17) is 11.6 Å². The molecule has 136 valence electrons. The van der Waals surface area contributed by atoms with Gasteiger partial charge >= 0.3 is 5.97 Å². The Labute approximate surface area is 154 Å². The molecule has 0 bridgehead atoms. The lowest BCUT2D eigenvalue weighted by molar-refractivity contribution is -0.146. The molecule has 1 aliphatic carbocycles. The van der Waals surface area contributed by atoms with Gasteiger partial charge in [0.1, 0.15) is 10.8 Å². The van der Waals surface area contributed by atoms with Gasteiger partial charge in [0.05, 0.1) is 18.4 Å². The summed E-state index contributed by atoms with van der Waals surface area (Å²) in [6, 6.07) is 5.97. The number of hydrogen-bond donors (Lipinski definition) is 2. The van der Waals surface area contributed by atoms with Crippen LogP contribution in [-0.4, -0.2) is 26.8 Å². The topological polar surface area (TPSA) is 84.2 Å². The number of aromatic nitrogens is 2. The number of carbonyl (C=O) groups excluding carboxylic acids is 1. The number of allylic oxidation sites excluding steroid dienone is 2. The summed E-state index contributed by atoms with van der Waals surface area (Å²) in [7, 11) is 0. The van der Waals surface area contributed by atoms with Gasteiger partial charge in [-0.2, -0.15) is 5.10 Å². The van der Waals surface area contributed by atoms with E-state index in [1.165, 1.54) is 16.8 Å². The minimum absolute atomic E-state index is 0.178.